The number of aromatic carboxylic acids is 2. The van der Waals surface area contributed by atoms with Gasteiger partial charge in [0, 0.05) is 54.0 Å². The fraction of sp³-hybridized carbons (Fsp3) is 0.160. The van der Waals surface area contributed by atoms with Crippen molar-refractivity contribution >= 4 is 28.6 Å². The number of carboxylic acid groups (broad SMARTS) is 2. The van der Waals surface area contributed by atoms with Gasteiger partial charge < -0.3 is 29.1 Å². The molecule has 0 spiro atoms. The smallest absolute Gasteiger partial charge is 0.203 e. The molecule has 162 valence electrons. The van der Waals surface area contributed by atoms with Crippen LogP contribution < -0.4 is 25.0 Å². The molecule has 0 unspecified atom stereocenters. The van der Waals surface area contributed by atoms with Gasteiger partial charge in [0.15, 0.2) is 0 Å². The highest BCUT2D eigenvalue weighted by Crippen LogP contribution is 2.42. The molecule has 0 aromatic heterocycles. The third-order valence-corrected chi connectivity index (χ3v) is 5.47. The molecule has 0 bridgehead atoms. The highest BCUT2D eigenvalue weighted by atomic mass is 16.4. The van der Waals surface area contributed by atoms with Crippen LogP contribution in [0.25, 0.3) is 33.4 Å². The molecule has 2 aliphatic rings. The number of carbonyl (C=O) groups excluding carboxylic acids is 2. The van der Waals surface area contributed by atoms with E-state index in [9.17, 15) is 19.8 Å². The summed E-state index contributed by atoms with van der Waals surface area (Å²) in [7, 11) is 7.67. The minimum Gasteiger partial charge on any atom is -0.545 e. The first kappa shape index (κ1) is 21.1. The normalized spacial score (nSPS) is 11.0. The molecule has 0 atom stereocenters. The van der Waals surface area contributed by atoms with E-state index in [-0.39, 0.29) is 11.1 Å². The lowest BCUT2D eigenvalue weighted by molar-refractivity contribution is -0.255. The molecule has 1 aliphatic heterocycles. The van der Waals surface area contributed by atoms with Crippen LogP contribution in [0.15, 0.2) is 59.0 Å². The van der Waals surface area contributed by atoms with Crippen LogP contribution in [0.1, 0.15) is 20.7 Å². The van der Waals surface area contributed by atoms with Crippen molar-refractivity contribution in [2.45, 2.75) is 0 Å². The minimum atomic E-state index is -1.47. The fourth-order valence-electron chi connectivity index (χ4n) is 3.77. The SMILES string of the molecule is CN(C)c1ccc2c(-c3ccc(C(=O)[O-])cc3C(=O)[O-])c3ccc(=[N+](C)C)cc-3oc2c1. The maximum atomic E-state index is 12.0. The summed E-state index contributed by atoms with van der Waals surface area (Å²) in [4.78, 5) is 25.2. The summed E-state index contributed by atoms with van der Waals surface area (Å²) in [6, 6.07) is 15.2. The van der Waals surface area contributed by atoms with Gasteiger partial charge >= 0.3 is 0 Å². The lowest BCUT2D eigenvalue weighted by atomic mass is 9.89. The van der Waals surface area contributed by atoms with Gasteiger partial charge in [-0.05, 0) is 35.4 Å². The number of hydrogen-bond acceptors (Lipinski definition) is 6. The molecule has 4 rings (SSSR count). The Balaban J connectivity index is 2.17. The highest BCUT2D eigenvalue weighted by molar-refractivity contribution is 6.08. The first-order valence-electron chi connectivity index (χ1n) is 9.92. The van der Waals surface area contributed by atoms with Crippen molar-refractivity contribution in [2.75, 3.05) is 33.1 Å². The average Bonchev–Trinajstić information content (AvgIpc) is 2.75. The van der Waals surface area contributed by atoms with Gasteiger partial charge in [0.25, 0.3) is 0 Å². The molecular formula is C25H21N2O5-. The van der Waals surface area contributed by atoms with Crippen LogP contribution in [-0.4, -0.2) is 40.1 Å². The van der Waals surface area contributed by atoms with Crippen LogP contribution in [0.4, 0.5) is 5.69 Å². The van der Waals surface area contributed by atoms with E-state index in [2.05, 4.69) is 0 Å². The Labute approximate surface area is 184 Å². The van der Waals surface area contributed by atoms with Crippen molar-refractivity contribution < 1.29 is 24.2 Å². The van der Waals surface area contributed by atoms with E-state index >= 15 is 0 Å². The van der Waals surface area contributed by atoms with Crippen molar-refractivity contribution in [1.82, 2.24) is 4.58 Å². The summed E-state index contributed by atoms with van der Waals surface area (Å²) >= 11 is 0. The minimum absolute atomic E-state index is 0.228. The number of anilines is 1. The molecule has 0 fully saturated rings. The maximum Gasteiger partial charge on any atom is 0.203 e. The van der Waals surface area contributed by atoms with E-state index in [1.807, 2.05) is 74.1 Å². The Morgan fingerprint density at radius 1 is 0.875 bits per heavy atom. The van der Waals surface area contributed by atoms with E-state index in [1.165, 1.54) is 12.1 Å². The number of rotatable bonds is 4. The Hall–Kier alpha value is -4.13. The fourth-order valence-corrected chi connectivity index (χ4v) is 3.77. The number of benzene rings is 3. The zero-order valence-electron chi connectivity index (χ0n) is 18.1. The van der Waals surface area contributed by atoms with Gasteiger partial charge in [0.2, 0.25) is 5.36 Å². The molecule has 2 aromatic carbocycles. The Morgan fingerprint density at radius 3 is 2.22 bits per heavy atom. The predicted molar refractivity (Wildman–Crippen MR) is 118 cm³/mol. The van der Waals surface area contributed by atoms with Crippen LogP contribution >= 0.6 is 0 Å². The molecule has 7 heteroatoms. The molecular weight excluding hydrogens is 408 g/mol. The summed E-state index contributed by atoms with van der Waals surface area (Å²) < 4.78 is 8.17. The van der Waals surface area contributed by atoms with Gasteiger partial charge in [0.05, 0.1) is 18.0 Å². The van der Waals surface area contributed by atoms with Crippen LogP contribution in [-0.2, 0) is 0 Å². The molecule has 0 radical (unpaired) electrons. The van der Waals surface area contributed by atoms with E-state index in [4.69, 9.17) is 4.42 Å². The lowest BCUT2D eigenvalue weighted by Crippen LogP contribution is -2.26. The van der Waals surface area contributed by atoms with Crippen molar-refractivity contribution in [3.8, 4) is 22.5 Å². The first-order chi connectivity index (χ1) is 15.2. The van der Waals surface area contributed by atoms with E-state index < -0.39 is 11.9 Å². The molecule has 7 nitrogen and oxygen atoms in total. The first-order valence-corrected chi connectivity index (χ1v) is 9.92. The zero-order valence-corrected chi connectivity index (χ0v) is 18.1. The third kappa shape index (κ3) is 3.58. The summed E-state index contributed by atoms with van der Waals surface area (Å²) in [5.41, 5.74) is 2.70. The van der Waals surface area contributed by atoms with Gasteiger partial charge in [-0.2, -0.15) is 0 Å². The van der Waals surface area contributed by atoms with Crippen molar-refractivity contribution in [1.29, 1.82) is 0 Å². The average molecular weight is 429 g/mol. The van der Waals surface area contributed by atoms with Crippen molar-refractivity contribution in [3.63, 3.8) is 0 Å². The molecule has 0 N–H and O–H groups in total. The molecule has 1 heterocycles. The van der Waals surface area contributed by atoms with Crippen LogP contribution in [0.3, 0.4) is 0 Å². The number of carbonyl (C=O) groups is 2. The standard InChI is InChI=1S/C25H22N2O5/c1-26(2)15-6-9-18-21(12-15)32-22-13-16(27(3)4)7-10-19(22)23(18)17-8-5-14(24(28)29)11-20(17)25(30)31/h5-13H,1-4H3,(H-,28,29,30,31)/p-1. The molecule has 2 aromatic rings. The van der Waals surface area contributed by atoms with Gasteiger partial charge in [-0.25, -0.2) is 4.58 Å². The number of fused-ring (bicyclic) bond motifs is 2. The zero-order chi connectivity index (χ0) is 23.2. The second kappa shape index (κ2) is 7.85. The second-order valence-electron chi connectivity index (χ2n) is 7.96. The summed E-state index contributed by atoms with van der Waals surface area (Å²) in [6.07, 6.45) is 0. The van der Waals surface area contributed by atoms with Gasteiger partial charge in [-0.1, -0.05) is 12.1 Å². The predicted octanol–water partition coefficient (Wildman–Crippen LogP) is 1.03. The van der Waals surface area contributed by atoms with Gasteiger partial charge in [-0.3, -0.25) is 0 Å². The van der Waals surface area contributed by atoms with E-state index in [0.29, 0.717) is 33.4 Å². The third-order valence-electron chi connectivity index (χ3n) is 5.47. The number of carboxylic acids is 2. The maximum absolute atomic E-state index is 12.0. The van der Waals surface area contributed by atoms with Gasteiger partial charge in [0.1, 0.15) is 25.4 Å². The Morgan fingerprint density at radius 2 is 1.59 bits per heavy atom. The summed E-state index contributed by atoms with van der Waals surface area (Å²) in [6.45, 7) is 0. The topological polar surface area (TPSA) is 99.7 Å². The second-order valence-corrected chi connectivity index (χ2v) is 7.96. The molecule has 1 aliphatic carbocycles. The van der Waals surface area contributed by atoms with Crippen LogP contribution in [0.2, 0.25) is 0 Å². The summed E-state index contributed by atoms with van der Waals surface area (Å²) in [5.74, 6) is -2.36. The molecule has 0 amide bonds. The van der Waals surface area contributed by atoms with Crippen molar-refractivity contribution in [3.05, 3.63) is 71.1 Å². The van der Waals surface area contributed by atoms with Crippen LogP contribution in [0, 0.1) is 0 Å². The lowest BCUT2D eigenvalue weighted by Gasteiger charge is -2.20. The van der Waals surface area contributed by atoms with E-state index in [0.717, 1.165) is 17.1 Å². The van der Waals surface area contributed by atoms with Crippen LogP contribution in [0.5, 0.6) is 0 Å². The molecule has 0 saturated carbocycles. The highest BCUT2D eigenvalue weighted by Gasteiger charge is 2.21. The molecule has 0 saturated heterocycles. The summed E-state index contributed by atoms with van der Waals surface area (Å²) in [5, 5.41) is 24.9. The monoisotopic (exact) mass is 429 g/mol. The Kier molecular flexibility index (Phi) is 5.18. The van der Waals surface area contributed by atoms with Crippen molar-refractivity contribution in [2.24, 2.45) is 0 Å². The van der Waals surface area contributed by atoms with E-state index in [1.54, 1.807) is 0 Å². The molecule has 32 heavy (non-hydrogen) atoms. The largest absolute Gasteiger partial charge is 0.545 e. The Bertz CT molecular complexity index is 1430. The number of hydrogen-bond donors (Lipinski definition) is 0. The number of nitrogens with zero attached hydrogens (tertiary/aromatic N) is 2. The van der Waals surface area contributed by atoms with Gasteiger partial charge in [-0.15, -0.1) is 0 Å². The quantitative estimate of drug-likeness (QED) is 0.355.